The third-order valence-electron chi connectivity index (χ3n) is 5.18. The number of methoxy groups -OCH3 is 1. The number of carbonyl (C=O) groups excluding carboxylic acids is 2. The Kier molecular flexibility index (Phi) is 7.43. The van der Waals surface area contributed by atoms with Crippen molar-refractivity contribution in [1.82, 2.24) is 4.90 Å². The minimum atomic E-state index is -0.989. The van der Waals surface area contributed by atoms with E-state index in [0.717, 1.165) is 22.9 Å². The van der Waals surface area contributed by atoms with Crippen molar-refractivity contribution in [3.8, 4) is 11.5 Å². The van der Waals surface area contributed by atoms with Gasteiger partial charge in [-0.25, -0.2) is 4.79 Å². The number of carboxylic acids is 1. The lowest BCUT2D eigenvalue weighted by molar-refractivity contribution is -0.123. The maximum Gasteiger partial charge on any atom is 0.335 e. The molecule has 0 atom stereocenters. The summed E-state index contributed by atoms with van der Waals surface area (Å²) in [4.78, 5) is 37.8. The van der Waals surface area contributed by atoms with Gasteiger partial charge in [-0.3, -0.25) is 14.5 Å². The van der Waals surface area contributed by atoms with Crippen LogP contribution < -0.4 is 9.47 Å². The summed E-state index contributed by atoms with van der Waals surface area (Å²) in [5, 5.41) is 9.19. The van der Waals surface area contributed by atoms with Crippen molar-refractivity contribution in [3.05, 3.63) is 98.9 Å². The van der Waals surface area contributed by atoms with Crippen LogP contribution in [-0.4, -0.2) is 34.2 Å². The van der Waals surface area contributed by atoms with Gasteiger partial charge < -0.3 is 14.6 Å². The van der Waals surface area contributed by atoms with Crippen LogP contribution in [0.1, 0.15) is 27.0 Å². The monoisotopic (exact) mass is 509 g/mol. The summed E-state index contributed by atoms with van der Waals surface area (Å²) in [6.45, 7) is 0.365. The predicted octanol–water partition coefficient (Wildman–Crippen LogP) is 5.86. The Bertz CT molecular complexity index is 1320. The Hall–Kier alpha value is -3.75. The van der Waals surface area contributed by atoms with Crippen LogP contribution in [0.15, 0.2) is 71.6 Å². The average molecular weight is 510 g/mol. The van der Waals surface area contributed by atoms with E-state index >= 15 is 0 Å². The molecule has 4 rings (SSSR count). The molecule has 0 unspecified atom stereocenters. The molecule has 0 radical (unpaired) electrons. The first-order valence-corrected chi connectivity index (χ1v) is 11.7. The highest BCUT2D eigenvalue weighted by molar-refractivity contribution is 8.18. The molecule has 0 saturated carbocycles. The van der Waals surface area contributed by atoms with Gasteiger partial charge in [0.25, 0.3) is 11.1 Å². The van der Waals surface area contributed by atoms with Crippen LogP contribution in [-0.2, 0) is 17.9 Å². The summed E-state index contributed by atoms with van der Waals surface area (Å²) in [7, 11) is 1.51. The lowest BCUT2D eigenvalue weighted by Gasteiger charge is -2.13. The molecule has 1 fully saturated rings. The number of carbonyl (C=O) groups is 3. The lowest BCUT2D eigenvalue weighted by atomic mass is 10.1. The largest absolute Gasteiger partial charge is 0.493 e. The highest BCUT2D eigenvalue weighted by atomic mass is 35.5. The Morgan fingerprint density at radius 1 is 1.03 bits per heavy atom. The van der Waals surface area contributed by atoms with Crippen LogP contribution in [0.2, 0.25) is 5.02 Å². The summed E-state index contributed by atoms with van der Waals surface area (Å²) in [5.41, 5.74) is 2.44. The van der Waals surface area contributed by atoms with Crippen LogP contribution in [0.25, 0.3) is 6.08 Å². The van der Waals surface area contributed by atoms with Gasteiger partial charge in [-0.15, -0.1) is 0 Å². The smallest absolute Gasteiger partial charge is 0.335 e. The predicted molar refractivity (Wildman–Crippen MR) is 134 cm³/mol. The molecule has 3 aromatic carbocycles. The van der Waals surface area contributed by atoms with Gasteiger partial charge in [0.2, 0.25) is 0 Å². The number of hydrogen-bond donors (Lipinski definition) is 1. The molecule has 9 heteroatoms. The minimum Gasteiger partial charge on any atom is -0.493 e. The fourth-order valence-corrected chi connectivity index (χ4v) is 4.45. The van der Waals surface area contributed by atoms with E-state index in [4.69, 9.17) is 26.2 Å². The van der Waals surface area contributed by atoms with Gasteiger partial charge in [0.05, 0.1) is 24.1 Å². The maximum atomic E-state index is 12.8. The van der Waals surface area contributed by atoms with Crippen LogP contribution in [0.3, 0.4) is 0 Å². The summed E-state index contributed by atoms with van der Waals surface area (Å²) >= 11 is 6.89. The van der Waals surface area contributed by atoms with Gasteiger partial charge in [0.15, 0.2) is 11.5 Å². The number of thioether (sulfide) groups is 1. The minimum absolute atomic E-state index is 0.145. The highest BCUT2D eigenvalue weighted by Gasteiger charge is 2.35. The molecular formula is C26H20ClNO6S. The summed E-state index contributed by atoms with van der Waals surface area (Å²) in [6, 6.07) is 18.6. The van der Waals surface area contributed by atoms with Crippen molar-refractivity contribution >= 4 is 46.6 Å². The van der Waals surface area contributed by atoms with E-state index in [1.54, 1.807) is 54.6 Å². The number of ether oxygens (including phenoxy) is 2. The van der Waals surface area contributed by atoms with Gasteiger partial charge in [-0.05, 0) is 70.9 Å². The van der Waals surface area contributed by atoms with Gasteiger partial charge in [0.1, 0.15) is 6.61 Å². The first-order chi connectivity index (χ1) is 16.8. The molecule has 0 aromatic heterocycles. The normalized spacial score (nSPS) is 14.5. The number of amides is 2. The van der Waals surface area contributed by atoms with Crippen LogP contribution >= 0.6 is 23.4 Å². The molecule has 0 aliphatic carbocycles. The van der Waals surface area contributed by atoms with Gasteiger partial charge in [-0.1, -0.05) is 41.9 Å². The zero-order chi connectivity index (χ0) is 24.9. The SMILES string of the molecule is COc1cc(/C=C2\SC(=O)N(Cc3cccc(Cl)c3)C2=O)ccc1OCc1ccc(C(=O)O)cc1. The molecule has 1 N–H and O–H groups in total. The topological polar surface area (TPSA) is 93.1 Å². The van der Waals surface area contributed by atoms with E-state index < -0.39 is 5.97 Å². The average Bonchev–Trinajstić information content (AvgIpc) is 3.10. The van der Waals surface area contributed by atoms with Crippen molar-refractivity contribution in [1.29, 1.82) is 0 Å². The number of rotatable bonds is 8. The van der Waals surface area contributed by atoms with Crippen molar-refractivity contribution < 1.29 is 29.0 Å². The summed E-state index contributed by atoms with van der Waals surface area (Å²) in [5.74, 6) is -0.416. The summed E-state index contributed by atoms with van der Waals surface area (Å²) < 4.78 is 11.3. The fourth-order valence-electron chi connectivity index (χ4n) is 3.40. The molecule has 1 saturated heterocycles. The highest BCUT2D eigenvalue weighted by Crippen LogP contribution is 2.35. The molecule has 3 aromatic rings. The van der Waals surface area contributed by atoms with Crippen molar-refractivity contribution in [2.75, 3.05) is 7.11 Å². The molecule has 1 aliphatic heterocycles. The number of imide groups is 1. The lowest BCUT2D eigenvalue weighted by Crippen LogP contribution is -2.27. The zero-order valence-electron chi connectivity index (χ0n) is 18.6. The van der Waals surface area contributed by atoms with E-state index in [1.807, 2.05) is 6.07 Å². The second kappa shape index (κ2) is 10.7. The third-order valence-corrected chi connectivity index (χ3v) is 6.33. The Balaban J connectivity index is 1.46. The third kappa shape index (κ3) is 5.85. The van der Waals surface area contributed by atoms with E-state index in [0.29, 0.717) is 27.0 Å². The number of aromatic carboxylic acids is 1. The van der Waals surface area contributed by atoms with E-state index in [1.165, 1.54) is 24.1 Å². The Labute approximate surface area is 210 Å². The first kappa shape index (κ1) is 24.4. The van der Waals surface area contributed by atoms with E-state index in [-0.39, 0.29) is 29.9 Å². The molecule has 35 heavy (non-hydrogen) atoms. The van der Waals surface area contributed by atoms with E-state index in [2.05, 4.69) is 0 Å². The fraction of sp³-hybridized carbons (Fsp3) is 0.115. The van der Waals surface area contributed by atoms with Gasteiger partial charge in [-0.2, -0.15) is 0 Å². The molecule has 1 aliphatic rings. The second-order valence-corrected chi connectivity index (χ2v) is 9.03. The van der Waals surface area contributed by atoms with E-state index in [9.17, 15) is 14.4 Å². The number of hydrogen-bond acceptors (Lipinski definition) is 6. The zero-order valence-corrected chi connectivity index (χ0v) is 20.1. The first-order valence-electron chi connectivity index (χ1n) is 10.5. The van der Waals surface area contributed by atoms with Crippen molar-refractivity contribution in [2.24, 2.45) is 0 Å². The summed E-state index contributed by atoms with van der Waals surface area (Å²) in [6.07, 6.45) is 1.64. The van der Waals surface area contributed by atoms with Gasteiger partial charge >= 0.3 is 5.97 Å². The van der Waals surface area contributed by atoms with Crippen molar-refractivity contribution in [3.63, 3.8) is 0 Å². The Morgan fingerprint density at radius 3 is 2.49 bits per heavy atom. The number of benzene rings is 3. The standard InChI is InChI=1S/C26H20ClNO6S/c1-33-22-12-17(7-10-21(22)34-15-16-5-8-19(9-6-16)25(30)31)13-23-24(29)28(26(32)35-23)14-18-3-2-4-20(27)11-18/h2-13H,14-15H2,1H3,(H,30,31)/b23-13-. The Morgan fingerprint density at radius 2 is 1.80 bits per heavy atom. The molecule has 0 bridgehead atoms. The number of halogens is 1. The molecule has 178 valence electrons. The molecule has 1 heterocycles. The molecule has 7 nitrogen and oxygen atoms in total. The second-order valence-electron chi connectivity index (χ2n) is 7.60. The molecule has 2 amide bonds. The van der Waals surface area contributed by atoms with Crippen LogP contribution in [0, 0.1) is 0 Å². The quantitative estimate of drug-likeness (QED) is 0.380. The molecular weight excluding hydrogens is 490 g/mol. The van der Waals surface area contributed by atoms with Gasteiger partial charge in [0, 0.05) is 5.02 Å². The maximum absolute atomic E-state index is 12.8. The number of carboxylic acid groups (broad SMARTS) is 1. The van der Waals surface area contributed by atoms with Crippen molar-refractivity contribution in [2.45, 2.75) is 13.2 Å². The number of nitrogens with zero attached hydrogens (tertiary/aromatic N) is 1. The van der Waals surface area contributed by atoms with Crippen LogP contribution in [0.4, 0.5) is 4.79 Å². The van der Waals surface area contributed by atoms with Crippen LogP contribution in [0.5, 0.6) is 11.5 Å². The molecule has 0 spiro atoms.